The molecule has 1 fully saturated rings. The second-order valence-electron chi connectivity index (χ2n) is 7.32. The highest BCUT2D eigenvalue weighted by atomic mass is 16.5. The molecule has 1 saturated heterocycles. The van der Waals surface area contributed by atoms with E-state index in [0.29, 0.717) is 6.54 Å². The highest BCUT2D eigenvalue weighted by molar-refractivity contribution is 5.77. The quantitative estimate of drug-likeness (QED) is 0.685. The van der Waals surface area contributed by atoms with Crippen LogP contribution >= 0.6 is 0 Å². The summed E-state index contributed by atoms with van der Waals surface area (Å²) in [6.07, 6.45) is 6.21. The van der Waals surface area contributed by atoms with Crippen LogP contribution in [0.25, 0.3) is 0 Å². The Labute approximate surface area is 155 Å². The summed E-state index contributed by atoms with van der Waals surface area (Å²) in [5.41, 5.74) is 8.15. The first-order chi connectivity index (χ1) is 12.6. The van der Waals surface area contributed by atoms with Gasteiger partial charge < -0.3 is 20.7 Å². The molecule has 0 saturated carbocycles. The first kappa shape index (κ1) is 18.7. The van der Waals surface area contributed by atoms with E-state index in [0.717, 1.165) is 57.5 Å². The van der Waals surface area contributed by atoms with Gasteiger partial charge in [-0.25, -0.2) is 0 Å². The molecule has 1 aromatic carbocycles. The van der Waals surface area contributed by atoms with Crippen LogP contribution in [-0.4, -0.2) is 49.5 Å². The summed E-state index contributed by atoms with van der Waals surface area (Å²) in [5, 5.41) is 2.90. The molecule has 0 spiro atoms. The molecule has 2 amide bonds. The van der Waals surface area contributed by atoms with Gasteiger partial charge in [0.1, 0.15) is 5.75 Å². The zero-order chi connectivity index (χ0) is 18.4. The molecule has 3 N–H and O–H groups in total. The highest BCUT2D eigenvalue weighted by Gasteiger charge is 2.23. The lowest BCUT2D eigenvalue weighted by atomic mass is 9.97. The number of nitrogens with zero attached hydrogens (tertiary/aromatic N) is 1. The number of amides is 2. The van der Waals surface area contributed by atoms with Gasteiger partial charge in [0.15, 0.2) is 6.61 Å². The monoisotopic (exact) mass is 359 g/mol. The number of hydrogen-bond donors (Lipinski definition) is 2. The van der Waals surface area contributed by atoms with Gasteiger partial charge in [0.25, 0.3) is 5.91 Å². The Morgan fingerprint density at radius 3 is 2.92 bits per heavy atom. The smallest absolute Gasteiger partial charge is 0.257 e. The number of ether oxygens (including phenoxy) is 1. The van der Waals surface area contributed by atoms with Crippen molar-refractivity contribution in [1.29, 1.82) is 0 Å². The summed E-state index contributed by atoms with van der Waals surface area (Å²) in [6.45, 7) is 3.27. The molecule has 2 aliphatic rings. The SMILES string of the molecule is NC(=O)C1CCCN(CCCNC(=O)COc2ccc3c(c2)CCC3)C1. The van der Waals surface area contributed by atoms with Crippen molar-refractivity contribution < 1.29 is 14.3 Å². The number of hydrogen-bond acceptors (Lipinski definition) is 4. The molecule has 1 aromatic rings. The summed E-state index contributed by atoms with van der Waals surface area (Å²) in [5.74, 6) is 0.441. The summed E-state index contributed by atoms with van der Waals surface area (Å²) >= 11 is 0. The first-order valence-electron chi connectivity index (χ1n) is 9.65. The summed E-state index contributed by atoms with van der Waals surface area (Å²) < 4.78 is 5.61. The molecule has 0 bridgehead atoms. The van der Waals surface area contributed by atoms with E-state index in [2.05, 4.69) is 22.3 Å². The van der Waals surface area contributed by atoms with E-state index >= 15 is 0 Å². The molecule has 1 heterocycles. The van der Waals surface area contributed by atoms with Crippen molar-refractivity contribution in [3.05, 3.63) is 29.3 Å². The third-order valence-electron chi connectivity index (χ3n) is 5.32. The largest absolute Gasteiger partial charge is 0.484 e. The molecule has 26 heavy (non-hydrogen) atoms. The van der Waals surface area contributed by atoms with Gasteiger partial charge in [0, 0.05) is 13.1 Å². The number of aryl methyl sites for hydroxylation is 2. The van der Waals surface area contributed by atoms with E-state index in [-0.39, 0.29) is 24.3 Å². The van der Waals surface area contributed by atoms with Crippen molar-refractivity contribution in [2.45, 2.75) is 38.5 Å². The summed E-state index contributed by atoms with van der Waals surface area (Å²) in [6, 6.07) is 6.11. The fourth-order valence-corrected chi connectivity index (χ4v) is 3.86. The molecule has 1 atom stereocenters. The van der Waals surface area contributed by atoms with Crippen LogP contribution in [0.5, 0.6) is 5.75 Å². The lowest BCUT2D eigenvalue weighted by molar-refractivity contribution is -0.123. The Morgan fingerprint density at radius 2 is 2.08 bits per heavy atom. The van der Waals surface area contributed by atoms with Gasteiger partial charge in [-0.1, -0.05) is 6.07 Å². The number of carbonyl (C=O) groups is 2. The maximum Gasteiger partial charge on any atom is 0.257 e. The maximum absolute atomic E-state index is 11.9. The molecule has 1 aliphatic carbocycles. The maximum atomic E-state index is 11.9. The number of benzene rings is 1. The fourth-order valence-electron chi connectivity index (χ4n) is 3.86. The minimum Gasteiger partial charge on any atom is -0.484 e. The number of primary amides is 1. The number of fused-ring (bicyclic) bond motifs is 1. The third kappa shape index (κ3) is 5.21. The van der Waals surface area contributed by atoms with Crippen LogP contribution in [0.15, 0.2) is 18.2 Å². The van der Waals surface area contributed by atoms with E-state index in [9.17, 15) is 9.59 Å². The molecule has 0 aromatic heterocycles. The Balaban J connectivity index is 1.30. The van der Waals surface area contributed by atoms with Crippen molar-refractivity contribution in [2.75, 3.05) is 32.8 Å². The predicted octanol–water partition coefficient (Wildman–Crippen LogP) is 1.26. The van der Waals surface area contributed by atoms with Crippen LogP contribution in [0.3, 0.4) is 0 Å². The van der Waals surface area contributed by atoms with Crippen molar-refractivity contribution in [2.24, 2.45) is 11.7 Å². The first-order valence-corrected chi connectivity index (χ1v) is 9.65. The van der Waals surface area contributed by atoms with E-state index < -0.39 is 0 Å². The zero-order valence-electron chi connectivity index (χ0n) is 15.3. The summed E-state index contributed by atoms with van der Waals surface area (Å²) in [7, 11) is 0. The van der Waals surface area contributed by atoms with Gasteiger partial charge in [-0.2, -0.15) is 0 Å². The Kier molecular flexibility index (Phi) is 6.50. The van der Waals surface area contributed by atoms with Crippen molar-refractivity contribution in [3.8, 4) is 5.75 Å². The zero-order valence-corrected chi connectivity index (χ0v) is 15.3. The number of carbonyl (C=O) groups excluding carboxylic acids is 2. The van der Waals surface area contributed by atoms with Crippen molar-refractivity contribution in [3.63, 3.8) is 0 Å². The molecular formula is C20H29N3O3. The molecule has 142 valence electrons. The Morgan fingerprint density at radius 1 is 1.23 bits per heavy atom. The summed E-state index contributed by atoms with van der Waals surface area (Å²) in [4.78, 5) is 25.5. The molecule has 1 aliphatic heterocycles. The molecule has 6 heteroatoms. The van der Waals surface area contributed by atoms with Crippen LogP contribution < -0.4 is 15.8 Å². The number of nitrogens with one attached hydrogen (secondary N) is 1. The van der Waals surface area contributed by atoms with Crippen LogP contribution in [0.2, 0.25) is 0 Å². The van der Waals surface area contributed by atoms with Gasteiger partial charge in [-0.05, 0) is 74.9 Å². The molecule has 6 nitrogen and oxygen atoms in total. The normalized spacial score (nSPS) is 19.8. The van der Waals surface area contributed by atoms with Crippen LogP contribution in [-0.2, 0) is 22.4 Å². The average molecular weight is 359 g/mol. The second-order valence-corrected chi connectivity index (χ2v) is 7.32. The topological polar surface area (TPSA) is 84.7 Å². The standard InChI is InChI=1S/C20H29N3O3/c21-20(25)17-6-2-10-23(13-17)11-3-9-22-19(24)14-26-18-8-7-15-4-1-5-16(15)12-18/h7-8,12,17H,1-6,9-11,13-14H2,(H2,21,25)(H,22,24). The van der Waals surface area contributed by atoms with Crippen LogP contribution in [0.1, 0.15) is 36.8 Å². The van der Waals surface area contributed by atoms with Gasteiger partial charge >= 0.3 is 0 Å². The van der Waals surface area contributed by atoms with Crippen molar-refractivity contribution >= 4 is 11.8 Å². The van der Waals surface area contributed by atoms with E-state index in [1.807, 2.05) is 6.07 Å². The van der Waals surface area contributed by atoms with E-state index in [4.69, 9.17) is 10.5 Å². The number of rotatable bonds is 8. The molecule has 0 radical (unpaired) electrons. The van der Waals surface area contributed by atoms with E-state index in [1.54, 1.807) is 0 Å². The lowest BCUT2D eigenvalue weighted by Gasteiger charge is -2.31. The molecule has 1 unspecified atom stereocenters. The van der Waals surface area contributed by atoms with Gasteiger partial charge in [-0.15, -0.1) is 0 Å². The van der Waals surface area contributed by atoms with Gasteiger partial charge in [0.05, 0.1) is 5.92 Å². The fraction of sp³-hybridized carbons (Fsp3) is 0.600. The van der Waals surface area contributed by atoms with Crippen molar-refractivity contribution in [1.82, 2.24) is 10.2 Å². The number of likely N-dealkylation sites (tertiary alicyclic amines) is 1. The third-order valence-corrected chi connectivity index (χ3v) is 5.32. The van der Waals surface area contributed by atoms with Gasteiger partial charge in [0.2, 0.25) is 5.91 Å². The lowest BCUT2D eigenvalue weighted by Crippen LogP contribution is -2.42. The Bertz CT molecular complexity index is 647. The van der Waals surface area contributed by atoms with Crippen LogP contribution in [0.4, 0.5) is 0 Å². The van der Waals surface area contributed by atoms with Gasteiger partial charge in [-0.3, -0.25) is 9.59 Å². The Hall–Kier alpha value is -2.08. The van der Waals surface area contributed by atoms with E-state index in [1.165, 1.54) is 17.5 Å². The highest BCUT2D eigenvalue weighted by Crippen LogP contribution is 2.25. The minimum atomic E-state index is -0.202. The number of piperidine rings is 1. The van der Waals surface area contributed by atoms with Crippen LogP contribution in [0, 0.1) is 5.92 Å². The average Bonchev–Trinajstić information content (AvgIpc) is 3.11. The molecule has 3 rings (SSSR count). The second kappa shape index (κ2) is 9.03. The number of nitrogens with two attached hydrogens (primary N) is 1. The molecular weight excluding hydrogens is 330 g/mol. The minimum absolute atomic E-state index is 0.0286. The predicted molar refractivity (Wildman–Crippen MR) is 99.9 cm³/mol.